The molecule has 6 heteroatoms. The lowest BCUT2D eigenvalue weighted by Crippen LogP contribution is -2.46. The number of aliphatic imine (C=N–C) groups is 1. The van der Waals surface area contributed by atoms with Crippen LogP contribution in [0.4, 0.5) is 0 Å². The molecule has 2 N–H and O–H groups in total. The normalized spacial score (nSPS) is 24.5. The Morgan fingerprint density at radius 3 is 2.90 bits per heavy atom. The molecule has 5 nitrogen and oxygen atoms in total. The minimum absolute atomic E-state index is 0.396. The van der Waals surface area contributed by atoms with Gasteiger partial charge in [-0.25, -0.2) is 0 Å². The van der Waals surface area contributed by atoms with Crippen molar-refractivity contribution in [3.05, 3.63) is 21.9 Å². The summed E-state index contributed by atoms with van der Waals surface area (Å²) in [6, 6.07) is 5.31. The van der Waals surface area contributed by atoms with Gasteiger partial charge in [0.15, 0.2) is 5.96 Å². The molecule has 2 atom stereocenters. The maximum absolute atomic E-state index is 5.49. The third kappa shape index (κ3) is 3.75. The first-order chi connectivity index (χ1) is 10.2. The van der Waals surface area contributed by atoms with Crippen LogP contribution in [0, 0.1) is 6.92 Å². The Bertz CT molecular complexity index is 496. The topological polar surface area (TPSA) is 48.9 Å². The highest BCUT2D eigenvalue weighted by Gasteiger charge is 2.24. The summed E-state index contributed by atoms with van der Waals surface area (Å²) in [5.74, 6) is 0.939. The zero-order chi connectivity index (χ0) is 14.7. The fourth-order valence-electron chi connectivity index (χ4n) is 2.78. The molecule has 1 aromatic rings. The highest BCUT2D eigenvalue weighted by Crippen LogP contribution is 2.27. The molecule has 1 saturated heterocycles. The Hall–Kier alpha value is -1.11. The zero-order valence-corrected chi connectivity index (χ0v) is 13.6. The molecule has 2 unspecified atom stereocenters. The summed E-state index contributed by atoms with van der Waals surface area (Å²) >= 11 is 1.89. The first-order valence-corrected chi connectivity index (χ1v) is 8.47. The molecule has 1 aromatic heterocycles. The monoisotopic (exact) mass is 308 g/mol. The number of nitrogens with zero attached hydrogens (tertiary/aromatic N) is 2. The van der Waals surface area contributed by atoms with Crippen LogP contribution >= 0.6 is 11.3 Å². The molecule has 0 saturated carbocycles. The number of morpholine rings is 1. The lowest BCUT2D eigenvalue weighted by molar-refractivity contribution is 0.0177. The van der Waals surface area contributed by atoms with Crippen molar-refractivity contribution in [2.24, 2.45) is 4.99 Å². The van der Waals surface area contributed by atoms with E-state index in [1.807, 2.05) is 11.3 Å². The molecule has 0 aromatic carbocycles. The van der Waals surface area contributed by atoms with Gasteiger partial charge < -0.3 is 15.4 Å². The molecule has 1 fully saturated rings. The number of hydrogen-bond donors (Lipinski definition) is 2. The van der Waals surface area contributed by atoms with Crippen molar-refractivity contribution in [3.8, 4) is 0 Å². The van der Waals surface area contributed by atoms with E-state index in [4.69, 9.17) is 4.74 Å². The van der Waals surface area contributed by atoms with Gasteiger partial charge in [0.25, 0.3) is 0 Å². The van der Waals surface area contributed by atoms with Gasteiger partial charge >= 0.3 is 0 Å². The number of thiophene rings is 1. The minimum Gasteiger partial charge on any atom is -0.379 e. The molecule has 0 bridgehead atoms. The minimum atomic E-state index is 0.396. The number of nitrogens with one attached hydrogen (secondary N) is 2. The highest BCUT2D eigenvalue weighted by molar-refractivity contribution is 7.12. The molecule has 116 valence electrons. The summed E-state index contributed by atoms with van der Waals surface area (Å²) in [6.07, 6.45) is 0. The number of rotatable bonds is 4. The number of aryl methyl sites for hydroxylation is 1. The van der Waals surface area contributed by atoms with Crippen molar-refractivity contribution in [2.45, 2.75) is 25.9 Å². The van der Waals surface area contributed by atoms with Crippen LogP contribution in [0.25, 0.3) is 0 Å². The number of ether oxygens (including phenoxy) is 1. The summed E-state index contributed by atoms with van der Waals surface area (Å²) in [5, 5.41) is 6.85. The molecule has 0 radical (unpaired) electrons. The second-order valence-electron chi connectivity index (χ2n) is 5.73. The molecule has 0 spiro atoms. The Morgan fingerprint density at radius 1 is 1.48 bits per heavy atom. The molecule has 2 aliphatic heterocycles. The lowest BCUT2D eigenvalue weighted by atomic mass is 10.2. The third-order valence-electron chi connectivity index (χ3n) is 3.95. The van der Waals surface area contributed by atoms with E-state index < -0.39 is 0 Å². The Morgan fingerprint density at radius 2 is 2.29 bits per heavy atom. The third-order valence-corrected chi connectivity index (χ3v) is 5.05. The van der Waals surface area contributed by atoms with E-state index in [2.05, 4.69) is 46.5 Å². The molecule has 3 heterocycles. The van der Waals surface area contributed by atoms with Crippen LogP contribution in [0.1, 0.15) is 22.7 Å². The van der Waals surface area contributed by atoms with Crippen LogP contribution in [0.3, 0.4) is 0 Å². The molecule has 2 aliphatic rings. The first-order valence-electron chi connectivity index (χ1n) is 7.65. The summed E-state index contributed by atoms with van der Waals surface area (Å²) in [4.78, 5) is 9.80. The second-order valence-corrected chi connectivity index (χ2v) is 7.05. The van der Waals surface area contributed by atoms with Crippen LogP contribution in [0.5, 0.6) is 0 Å². The molecular weight excluding hydrogens is 284 g/mol. The molecule has 21 heavy (non-hydrogen) atoms. The predicted molar refractivity (Wildman–Crippen MR) is 87.1 cm³/mol. The molecule has 3 rings (SSSR count). The average Bonchev–Trinajstić information content (AvgIpc) is 3.09. The number of guanidine groups is 1. The Kier molecular flexibility index (Phi) is 4.77. The summed E-state index contributed by atoms with van der Waals surface area (Å²) < 4.78 is 5.49. The molecule has 0 amide bonds. The second kappa shape index (κ2) is 6.77. The van der Waals surface area contributed by atoms with Gasteiger partial charge in [0.2, 0.25) is 0 Å². The van der Waals surface area contributed by atoms with E-state index in [0.29, 0.717) is 12.1 Å². The molecule has 0 aliphatic carbocycles. The summed E-state index contributed by atoms with van der Waals surface area (Å²) in [7, 11) is 0. The van der Waals surface area contributed by atoms with Crippen molar-refractivity contribution in [3.63, 3.8) is 0 Å². The van der Waals surface area contributed by atoms with Crippen molar-refractivity contribution in [1.29, 1.82) is 0 Å². The van der Waals surface area contributed by atoms with Gasteiger partial charge in [-0.15, -0.1) is 11.3 Å². The van der Waals surface area contributed by atoms with E-state index in [0.717, 1.165) is 45.4 Å². The van der Waals surface area contributed by atoms with Crippen LogP contribution < -0.4 is 10.6 Å². The van der Waals surface area contributed by atoms with Crippen molar-refractivity contribution < 1.29 is 4.74 Å². The van der Waals surface area contributed by atoms with Crippen molar-refractivity contribution in [1.82, 2.24) is 15.5 Å². The largest absolute Gasteiger partial charge is 0.379 e. The van der Waals surface area contributed by atoms with Gasteiger partial charge in [-0.1, -0.05) is 0 Å². The van der Waals surface area contributed by atoms with Crippen LogP contribution in [-0.2, 0) is 4.74 Å². The number of hydrogen-bond acceptors (Lipinski definition) is 6. The van der Waals surface area contributed by atoms with Gasteiger partial charge in [-0.3, -0.25) is 9.89 Å². The summed E-state index contributed by atoms with van der Waals surface area (Å²) in [5.41, 5.74) is 0. The fourth-order valence-corrected chi connectivity index (χ4v) is 3.80. The summed E-state index contributed by atoms with van der Waals surface area (Å²) in [6.45, 7) is 9.73. The van der Waals surface area contributed by atoms with Crippen molar-refractivity contribution in [2.75, 3.05) is 39.4 Å². The predicted octanol–water partition coefficient (Wildman–Crippen LogP) is 1.37. The fraction of sp³-hybridized carbons (Fsp3) is 0.667. The maximum atomic E-state index is 5.49. The standard InChI is InChI=1S/C15H24N4OS/c1-11-9-16-15(18-11)17-10-13(14-4-3-12(2)21-14)19-5-7-20-8-6-19/h3-4,11,13H,5-10H2,1-2H3,(H2,16,17,18). The van der Waals surface area contributed by atoms with Gasteiger partial charge in [0, 0.05) is 35.4 Å². The highest BCUT2D eigenvalue weighted by atomic mass is 32.1. The van der Waals surface area contributed by atoms with Crippen LogP contribution in [0.2, 0.25) is 0 Å². The van der Waals surface area contributed by atoms with Crippen molar-refractivity contribution >= 4 is 17.3 Å². The van der Waals surface area contributed by atoms with E-state index in [9.17, 15) is 0 Å². The van der Waals surface area contributed by atoms with E-state index in [1.165, 1.54) is 9.75 Å². The lowest BCUT2D eigenvalue weighted by Gasteiger charge is -2.34. The van der Waals surface area contributed by atoms with Crippen LogP contribution in [-0.4, -0.2) is 56.3 Å². The van der Waals surface area contributed by atoms with E-state index in [-0.39, 0.29) is 0 Å². The van der Waals surface area contributed by atoms with Crippen LogP contribution in [0.15, 0.2) is 17.1 Å². The quantitative estimate of drug-likeness (QED) is 0.882. The zero-order valence-electron chi connectivity index (χ0n) is 12.8. The van der Waals surface area contributed by atoms with Gasteiger partial charge in [-0.2, -0.15) is 0 Å². The van der Waals surface area contributed by atoms with Gasteiger partial charge in [0.1, 0.15) is 0 Å². The Labute approximate surface area is 130 Å². The first kappa shape index (κ1) is 14.8. The molecular formula is C15H24N4OS. The maximum Gasteiger partial charge on any atom is 0.191 e. The SMILES string of the molecule is Cc1ccc(C(CNC2=NCC(C)N2)N2CCOCC2)s1. The van der Waals surface area contributed by atoms with Gasteiger partial charge in [0.05, 0.1) is 25.8 Å². The van der Waals surface area contributed by atoms with E-state index in [1.54, 1.807) is 0 Å². The van der Waals surface area contributed by atoms with E-state index >= 15 is 0 Å². The smallest absolute Gasteiger partial charge is 0.191 e. The Balaban J connectivity index is 1.66. The average molecular weight is 308 g/mol. The van der Waals surface area contributed by atoms with Gasteiger partial charge in [-0.05, 0) is 26.0 Å².